The number of benzene rings is 1. The minimum atomic E-state index is -0.915. The summed E-state index contributed by atoms with van der Waals surface area (Å²) >= 11 is 0. The van der Waals surface area contributed by atoms with Gasteiger partial charge in [-0.05, 0) is 18.2 Å². The molecule has 0 saturated carbocycles. The molecule has 1 aliphatic rings. The molecule has 1 aromatic carbocycles. The molecule has 0 spiro atoms. The Morgan fingerprint density at radius 1 is 1.60 bits per heavy atom. The lowest BCUT2D eigenvalue weighted by Gasteiger charge is -2.27. The quantitative estimate of drug-likeness (QED) is 0.710. The van der Waals surface area contributed by atoms with E-state index in [1.54, 1.807) is 0 Å². The van der Waals surface area contributed by atoms with Crippen LogP contribution >= 0.6 is 0 Å². The molecule has 0 aliphatic carbocycles. The first kappa shape index (κ1) is 9.92. The molecule has 0 aromatic heterocycles. The maximum absolute atomic E-state index is 12.9. The number of hydrogen-bond donors (Lipinski definition) is 2. The number of carbonyl (C=O) groups is 1. The SMILES string of the molecule is NC(=O)C1CC(O)c2cc(F)ccc2O1. The molecule has 4 nitrogen and oxygen atoms in total. The molecule has 1 aromatic rings. The Labute approximate surface area is 85.5 Å². The number of aliphatic hydroxyl groups excluding tert-OH is 1. The van der Waals surface area contributed by atoms with Crippen LogP contribution in [0.1, 0.15) is 18.1 Å². The number of hydrogen-bond acceptors (Lipinski definition) is 3. The van der Waals surface area contributed by atoms with Crippen molar-refractivity contribution < 1.29 is 19.0 Å². The predicted molar refractivity (Wildman–Crippen MR) is 49.6 cm³/mol. The van der Waals surface area contributed by atoms with Crippen molar-refractivity contribution in [2.45, 2.75) is 18.6 Å². The van der Waals surface area contributed by atoms with E-state index in [9.17, 15) is 14.3 Å². The number of amides is 1. The molecule has 80 valence electrons. The van der Waals surface area contributed by atoms with E-state index >= 15 is 0 Å². The van der Waals surface area contributed by atoms with Gasteiger partial charge in [-0.2, -0.15) is 0 Å². The molecular formula is C10H10FNO3. The Bertz CT molecular complexity index is 408. The van der Waals surface area contributed by atoms with Crippen molar-refractivity contribution >= 4 is 5.91 Å². The number of carbonyl (C=O) groups excluding carboxylic acids is 1. The van der Waals surface area contributed by atoms with Crippen LogP contribution in [-0.2, 0) is 4.79 Å². The third-order valence-electron chi connectivity index (χ3n) is 2.35. The zero-order valence-corrected chi connectivity index (χ0v) is 7.81. The van der Waals surface area contributed by atoms with Crippen molar-refractivity contribution in [3.63, 3.8) is 0 Å². The minimum absolute atomic E-state index is 0.0613. The first-order valence-electron chi connectivity index (χ1n) is 4.51. The fourth-order valence-electron chi connectivity index (χ4n) is 1.59. The van der Waals surface area contributed by atoms with Gasteiger partial charge in [-0.3, -0.25) is 4.79 Å². The van der Waals surface area contributed by atoms with Gasteiger partial charge in [0.15, 0.2) is 6.10 Å². The summed E-state index contributed by atoms with van der Waals surface area (Å²) in [7, 11) is 0. The molecule has 2 rings (SSSR count). The summed E-state index contributed by atoms with van der Waals surface area (Å²) in [6, 6.07) is 3.77. The largest absolute Gasteiger partial charge is 0.480 e. The van der Waals surface area contributed by atoms with Gasteiger partial charge in [-0.15, -0.1) is 0 Å². The molecule has 0 saturated heterocycles. The summed E-state index contributed by atoms with van der Waals surface area (Å²) in [6.45, 7) is 0. The highest BCUT2D eigenvalue weighted by molar-refractivity contribution is 5.79. The smallest absolute Gasteiger partial charge is 0.258 e. The number of nitrogens with two attached hydrogens (primary N) is 1. The van der Waals surface area contributed by atoms with Crippen molar-refractivity contribution in [3.05, 3.63) is 29.6 Å². The highest BCUT2D eigenvalue weighted by Gasteiger charge is 2.30. The van der Waals surface area contributed by atoms with E-state index in [1.807, 2.05) is 0 Å². The maximum Gasteiger partial charge on any atom is 0.258 e. The number of ether oxygens (including phenoxy) is 1. The van der Waals surface area contributed by atoms with Gasteiger partial charge in [0, 0.05) is 12.0 Å². The Morgan fingerprint density at radius 3 is 3.00 bits per heavy atom. The van der Waals surface area contributed by atoms with E-state index in [4.69, 9.17) is 10.5 Å². The molecule has 3 N–H and O–H groups in total. The van der Waals surface area contributed by atoms with Crippen molar-refractivity contribution in [2.24, 2.45) is 5.73 Å². The fraction of sp³-hybridized carbons (Fsp3) is 0.300. The van der Waals surface area contributed by atoms with Crippen molar-refractivity contribution in [3.8, 4) is 5.75 Å². The Morgan fingerprint density at radius 2 is 2.33 bits per heavy atom. The van der Waals surface area contributed by atoms with Crippen LogP contribution in [0.15, 0.2) is 18.2 Å². The van der Waals surface area contributed by atoms with Gasteiger partial charge in [-0.25, -0.2) is 4.39 Å². The molecule has 1 heterocycles. The van der Waals surface area contributed by atoms with Crippen molar-refractivity contribution in [1.29, 1.82) is 0 Å². The average molecular weight is 211 g/mol. The summed E-state index contributed by atoms with van der Waals surface area (Å²) < 4.78 is 18.1. The standard InChI is InChI=1S/C10H10FNO3/c11-5-1-2-8-6(3-5)7(13)4-9(15-8)10(12)14/h1-3,7,9,13H,4H2,(H2,12,14). The molecule has 0 fully saturated rings. The molecule has 0 radical (unpaired) electrons. The van der Waals surface area contributed by atoms with Gasteiger partial charge in [0.1, 0.15) is 11.6 Å². The zero-order chi connectivity index (χ0) is 11.0. The lowest BCUT2D eigenvalue weighted by Crippen LogP contribution is -2.37. The molecule has 2 atom stereocenters. The Balaban J connectivity index is 2.36. The Kier molecular flexibility index (Phi) is 2.32. The molecule has 5 heteroatoms. The van der Waals surface area contributed by atoms with Crippen LogP contribution in [0.5, 0.6) is 5.75 Å². The second kappa shape index (κ2) is 3.51. The van der Waals surface area contributed by atoms with Crippen LogP contribution in [0.2, 0.25) is 0 Å². The lowest BCUT2D eigenvalue weighted by atomic mass is 9.99. The van der Waals surface area contributed by atoms with Crippen molar-refractivity contribution in [2.75, 3.05) is 0 Å². The number of halogens is 1. The summed E-state index contributed by atoms with van der Waals surface area (Å²) in [5, 5.41) is 9.65. The molecular weight excluding hydrogens is 201 g/mol. The zero-order valence-electron chi connectivity index (χ0n) is 7.81. The molecule has 2 unspecified atom stereocenters. The summed E-state index contributed by atoms with van der Waals surface area (Å²) in [5.41, 5.74) is 5.42. The van der Waals surface area contributed by atoms with Crippen LogP contribution in [0.4, 0.5) is 4.39 Å². The predicted octanol–water partition coefficient (Wildman–Crippen LogP) is 0.496. The van der Waals surface area contributed by atoms with E-state index in [0.29, 0.717) is 11.3 Å². The number of rotatable bonds is 1. The second-order valence-electron chi connectivity index (χ2n) is 3.44. The number of primary amides is 1. The molecule has 15 heavy (non-hydrogen) atoms. The number of fused-ring (bicyclic) bond motifs is 1. The minimum Gasteiger partial charge on any atom is -0.480 e. The van der Waals surface area contributed by atoms with E-state index in [-0.39, 0.29) is 6.42 Å². The third-order valence-corrected chi connectivity index (χ3v) is 2.35. The highest BCUT2D eigenvalue weighted by atomic mass is 19.1. The van der Waals surface area contributed by atoms with Gasteiger partial charge in [0.25, 0.3) is 5.91 Å². The van der Waals surface area contributed by atoms with Gasteiger partial charge >= 0.3 is 0 Å². The van der Waals surface area contributed by atoms with E-state index in [2.05, 4.69) is 0 Å². The lowest BCUT2D eigenvalue weighted by molar-refractivity contribution is -0.127. The van der Waals surface area contributed by atoms with E-state index in [0.717, 1.165) is 0 Å². The Hall–Kier alpha value is -1.62. The monoisotopic (exact) mass is 211 g/mol. The van der Waals surface area contributed by atoms with Crippen LogP contribution < -0.4 is 10.5 Å². The molecule has 1 amide bonds. The topological polar surface area (TPSA) is 72.6 Å². The summed E-state index contributed by atoms with van der Waals surface area (Å²) in [5.74, 6) is -0.781. The summed E-state index contributed by atoms with van der Waals surface area (Å²) in [6.07, 6.45) is -1.70. The van der Waals surface area contributed by atoms with Crippen LogP contribution in [-0.4, -0.2) is 17.1 Å². The average Bonchev–Trinajstić information content (AvgIpc) is 2.18. The van der Waals surface area contributed by atoms with E-state index in [1.165, 1.54) is 18.2 Å². The van der Waals surface area contributed by atoms with Crippen LogP contribution in [0.25, 0.3) is 0 Å². The highest BCUT2D eigenvalue weighted by Crippen LogP contribution is 2.34. The first-order valence-corrected chi connectivity index (χ1v) is 4.51. The normalized spacial score (nSPS) is 24.1. The summed E-state index contributed by atoms with van der Waals surface area (Å²) in [4.78, 5) is 10.9. The maximum atomic E-state index is 12.9. The van der Waals surface area contributed by atoms with E-state index < -0.39 is 23.9 Å². The molecule has 1 aliphatic heterocycles. The number of aliphatic hydroxyl groups is 1. The van der Waals surface area contributed by atoms with Crippen LogP contribution in [0.3, 0.4) is 0 Å². The van der Waals surface area contributed by atoms with Crippen LogP contribution in [0, 0.1) is 5.82 Å². The van der Waals surface area contributed by atoms with Gasteiger partial charge < -0.3 is 15.6 Å². The third kappa shape index (κ3) is 1.78. The van der Waals surface area contributed by atoms with Gasteiger partial charge in [0.2, 0.25) is 0 Å². The van der Waals surface area contributed by atoms with Crippen molar-refractivity contribution in [1.82, 2.24) is 0 Å². The first-order chi connectivity index (χ1) is 7.08. The van der Waals surface area contributed by atoms with Gasteiger partial charge in [0.05, 0.1) is 6.10 Å². The van der Waals surface area contributed by atoms with Gasteiger partial charge in [-0.1, -0.05) is 0 Å². The fourth-order valence-corrected chi connectivity index (χ4v) is 1.59. The second-order valence-corrected chi connectivity index (χ2v) is 3.44. The molecule has 0 bridgehead atoms.